The third-order valence-electron chi connectivity index (χ3n) is 2.56. The van der Waals surface area contributed by atoms with E-state index in [0.29, 0.717) is 0 Å². The Morgan fingerprint density at radius 2 is 1.87 bits per heavy atom. The van der Waals surface area contributed by atoms with Crippen LogP contribution in [0.15, 0.2) is 0 Å². The Bertz CT molecular complexity index is 337. The molecule has 0 fully saturated rings. The van der Waals surface area contributed by atoms with Crippen LogP contribution >= 0.6 is 11.6 Å². The molecule has 6 heteroatoms. The van der Waals surface area contributed by atoms with Gasteiger partial charge in [-0.05, 0) is 20.8 Å². The topological polar surface area (TPSA) is 54.5 Å². The fraction of sp³-hybridized carbons (Fsp3) is 0.889. The molecule has 0 rings (SSSR count). The quantitative estimate of drug-likeness (QED) is 0.702. The maximum absolute atomic E-state index is 11.8. The van der Waals surface area contributed by atoms with Crippen LogP contribution in [0.2, 0.25) is 0 Å². The van der Waals surface area contributed by atoms with Crippen molar-refractivity contribution >= 4 is 27.3 Å². The lowest BCUT2D eigenvalue weighted by Crippen LogP contribution is -2.51. The van der Waals surface area contributed by atoms with Crippen LogP contribution in [-0.2, 0) is 14.6 Å². The number of hydrogen-bond acceptors (Lipinski definition) is 3. The zero-order chi connectivity index (χ0) is 12.4. The summed E-state index contributed by atoms with van der Waals surface area (Å²) in [5.74, 6) is -0.172. The Morgan fingerprint density at radius 3 is 2.13 bits per heavy atom. The van der Waals surface area contributed by atoms with Gasteiger partial charge in [0.15, 0.2) is 9.84 Å². The van der Waals surface area contributed by atoms with E-state index in [1.54, 1.807) is 20.9 Å². The monoisotopic (exact) mass is 255 g/mol. The van der Waals surface area contributed by atoms with E-state index in [2.05, 4.69) is 0 Å². The van der Waals surface area contributed by atoms with Crippen LogP contribution in [0, 0.1) is 0 Å². The second-order valence-corrected chi connectivity index (χ2v) is 6.95. The second-order valence-electron chi connectivity index (χ2n) is 4.32. The third kappa shape index (κ3) is 3.65. The zero-order valence-corrected chi connectivity index (χ0v) is 11.3. The van der Waals surface area contributed by atoms with Gasteiger partial charge in [-0.2, -0.15) is 0 Å². The number of carbonyl (C=O) groups is 1. The molecule has 90 valence electrons. The normalized spacial score (nSPS) is 14.8. The molecule has 0 aromatic heterocycles. The summed E-state index contributed by atoms with van der Waals surface area (Å²) in [4.78, 5) is 13.2. The maximum atomic E-state index is 11.8. The first-order valence-corrected chi connectivity index (χ1v) is 7.05. The summed E-state index contributed by atoms with van der Waals surface area (Å²) < 4.78 is 22.4. The Labute approximate surface area is 96.5 Å². The molecule has 0 radical (unpaired) electrons. The number of halogens is 1. The van der Waals surface area contributed by atoms with Gasteiger partial charge >= 0.3 is 0 Å². The molecular weight excluding hydrogens is 238 g/mol. The van der Waals surface area contributed by atoms with Crippen molar-refractivity contribution in [3.63, 3.8) is 0 Å². The first kappa shape index (κ1) is 14.7. The summed E-state index contributed by atoms with van der Waals surface area (Å²) in [6, 6.07) is 0. The molecule has 0 aromatic rings. The van der Waals surface area contributed by atoms with Crippen molar-refractivity contribution in [2.75, 3.05) is 19.2 Å². The minimum absolute atomic E-state index is 0.256. The second kappa shape index (κ2) is 4.70. The van der Waals surface area contributed by atoms with Gasteiger partial charge in [-0.25, -0.2) is 8.42 Å². The molecule has 0 bridgehead atoms. The van der Waals surface area contributed by atoms with Gasteiger partial charge in [0, 0.05) is 19.2 Å². The highest BCUT2D eigenvalue weighted by molar-refractivity contribution is 7.92. The summed E-state index contributed by atoms with van der Waals surface area (Å²) >= 11 is 5.71. The summed E-state index contributed by atoms with van der Waals surface area (Å²) in [5, 5.41) is -1.02. The minimum atomic E-state index is -3.35. The highest BCUT2D eigenvalue weighted by atomic mass is 35.5. The first-order chi connectivity index (χ1) is 6.54. The summed E-state index contributed by atoms with van der Waals surface area (Å²) in [6.45, 7) is 4.96. The average Bonchev–Trinajstić information content (AvgIpc) is 2.12. The van der Waals surface area contributed by atoms with Gasteiger partial charge in [-0.3, -0.25) is 4.79 Å². The predicted molar refractivity (Wildman–Crippen MR) is 61.9 cm³/mol. The Hall–Kier alpha value is -0.290. The largest absolute Gasteiger partial charge is 0.338 e. The van der Waals surface area contributed by atoms with Gasteiger partial charge in [0.1, 0.15) is 5.25 Å². The molecule has 0 spiro atoms. The molecule has 0 N–H and O–H groups in total. The van der Waals surface area contributed by atoms with E-state index in [1.807, 2.05) is 0 Å². The Balaban J connectivity index is 4.90. The number of amides is 1. The zero-order valence-electron chi connectivity index (χ0n) is 9.74. The molecule has 0 saturated carbocycles. The molecule has 4 nitrogen and oxygen atoms in total. The van der Waals surface area contributed by atoms with Crippen LogP contribution in [0.3, 0.4) is 0 Å². The van der Waals surface area contributed by atoms with Gasteiger partial charge in [0.05, 0.1) is 5.54 Å². The van der Waals surface area contributed by atoms with E-state index < -0.39 is 26.5 Å². The van der Waals surface area contributed by atoms with E-state index in [1.165, 1.54) is 11.8 Å². The fourth-order valence-corrected chi connectivity index (χ4v) is 1.55. The number of carbonyl (C=O) groups excluding carboxylic acids is 1. The molecule has 0 aliphatic rings. The van der Waals surface area contributed by atoms with Crippen LogP contribution in [0.1, 0.15) is 20.8 Å². The minimum Gasteiger partial charge on any atom is -0.338 e. The predicted octanol–water partition coefficient (Wildman–Crippen LogP) is 0.895. The molecule has 1 amide bonds. The molecule has 15 heavy (non-hydrogen) atoms. The van der Waals surface area contributed by atoms with E-state index in [-0.39, 0.29) is 5.88 Å². The van der Waals surface area contributed by atoms with Crippen molar-refractivity contribution in [1.82, 2.24) is 4.90 Å². The van der Waals surface area contributed by atoms with Crippen LogP contribution in [0.4, 0.5) is 0 Å². The van der Waals surface area contributed by atoms with Gasteiger partial charge in [-0.1, -0.05) is 0 Å². The lowest BCUT2D eigenvalue weighted by atomic mass is 10.1. The maximum Gasteiger partial charge on any atom is 0.240 e. The van der Waals surface area contributed by atoms with Crippen molar-refractivity contribution in [2.45, 2.75) is 31.6 Å². The number of nitrogens with zero attached hydrogens (tertiary/aromatic N) is 1. The van der Waals surface area contributed by atoms with Crippen molar-refractivity contribution in [2.24, 2.45) is 0 Å². The van der Waals surface area contributed by atoms with Crippen molar-refractivity contribution in [3.8, 4) is 0 Å². The van der Waals surface area contributed by atoms with Gasteiger partial charge in [0.25, 0.3) is 0 Å². The molecule has 0 aromatic carbocycles. The summed E-state index contributed by atoms with van der Waals surface area (Å²) in [5.41, 5.74) is -0.544. The number of rotatable bonds is 4. The lowest BCUT2D eigenvalue weighted by Gasteiger charge is -2.35. The van der Waals surface area contributed by atoms with Crippen LogP contribution in [0.25, 0.3) is 0 Å². The SMILES string of the molecule is CC(C(=O)N(C)C(C)(C)CCl)S(C)(=O)=O. The van der Waals surface area contributed by atoms with Crippen LogP contribution in [-0.4, -0.2) is 49.2 Å². The molecule has 0 aliphatic carbocycles. The number of alkyl halides is 1. The molecular formula is C9H18ClNO3S. The van der Waals surface area contributed by atoms with Gasteiger partial charge in [-0.15, -0.1) is 11.6 Å². The molecule has 1 unspecified atom stereocenters. The van der Waals surface area contributed by atoms with E-state index in [4.69, 9.17) is 11.6 Å². The molecule has 0 aliphatic heterocycles. The van der Waals surface area contributed by atoms with Crippen LogP contribution in [0.5, 0.6) is 0 Å². The lowest BCUT2D eigenvalue weighted by molar-refractivity contribution is -0.133. The standard InChI is InChI=1S/C9H18ClNO3S/c1-7(15(5,13)14)8(12)11(4)9(2,3)6-10/h7H,6H2,1-5H3. The van der Waals surface area contributed by atoms with Gasteiger partial charge in [0.2, 0.25) is 5.91 Å². The van der Waals surface area contributed by atoms with E-state index >= 15 is 0 Å². The average molecular weight is 256 g/mol. The highest BCUT2D eigenvalue weighted by Crippen LogP contribution is 2.16. The molecule has 0 saturated heterocycles. The first-order valence-electron chi connectivity index (χ1n) is 4.56. The Morgan fingerprint density at radius 1 is 1.47 bits per heavy atom. The summed E-state index contributed by atoms with van der Waals surface area (Å²) in [6.07, 6.45) is 1.05. The fourth-order valence-electron chi connectivity index (χ4n) is 0.844. The van der Waals surface area contributed by atoms with E-state index in [9.17, 15) is 13.2 Å². The number of sulfone groups is 1. The van der Waals surface area contributed by atoms with E-state index in [0.717, 1.165) is 6.26 Å². The summed E-state index contributed by atoms with van der Waals surface area (Å²) in [7, 11) is -1.79. The highest BCUT2D eigenvalue weighted by Gasteiger charge is 2.33. The van der Waals surface area contributed by atoms with Gasteiger partial charge < -0.3 is 4.90 Å². The third-order valence-corrected chi connectivity index (χ3v) is 4.70. The Kier molecular flexibility index (Phi) is 4.61. The van der Waals surface area contributed by atoms with Crippen molar-refractivity contribution in [1.29, 1.82) is 0 Å². The van der Waals surface area contributed by atoms with Crippen molar-refractivity contribution < 1.29 is 13.2 Å². The van der Waals surface area contributed by atoms with Crippen LogP contribution < -0.4 is 0 Å². The van der Waals surface area contributed by atoms with Crippen molar-refractivity contribution in [3.05, 3.63) is 0 Å². The molecule has 1 atom stereocenters. The number of hydrogen-bond donors (Lipinski definition) is 0. The smallest absolute Gasteiger partial charge is 0.240 e. The molecule has 0 heterocycles.